The molecule has 1 aromatic heterocycles. The standard InChI is InChI=1S/C20H18N4O4S/c21-19(25)20-22-12-14-10-11-24(13-18(14)23-20)29(26,27)17-8-6-16(7-9-17)28-15-4-2-1-3-5-15/h1-9,12H,10-11,13H2,(H2,21,25). The third-order valence-electron chi connectivity index (χ3n) is 4.57. The SMILES string of the molecule is NC(=O)c1ncc2c(n1)CN(S(=O)(=O)c1ccc(Oc3ccccc3)cc1)CC2. The Morgan fingerprint density at radius 1 is 1.03 bits per heavy atom. The average molecular weight is 410 g/mol. The van der Waals surface area contributed by atoms with E-state index < -0.39 is 15.9 Å². The molecule has 4 rings (SSSR count). The molecular weight excluding hydrogens is 392 g/mol. The van der Waals surface area contributed by atoms with Crippen LogP contribution < -0.4 is 10.5 Å². The van der Waals surface area contributed by atoms with E-state index in [-0.39, 0.29) is 17.3 Å². The van der Waals surface area contributed by atoms with Crippen LogP contribution in [0.1, 0.15) is 21.9 Å². The number of primary amides is 1. The topological polar surface area (TPSA) is 115 Å². The summed E-state index contributed by atoms with van der Waals surface area (Å²) >= 11 is 0. The van der Waals surface area contributed by atoms with Gasteiger partial charge in [-0.15, -0.1) is 0 Å². The summed E-state index contributed by atoms with van der Waals surface area (Å²) in [6.45, 7) is 0.361. The second kappa shape index (κ2) is 7.61. The molecule has 2 heterocycles. The van der Waals surface area contributed by atoms with Gasteiger partial charge in [0.25, 0.3) is 5.91 Å². The molecule has 0 spiro atoms. The van der Waals surface area contributed by atoms with Gasteiger partial charge in [-0.3, -0.25) is 4.79 Å². The summed E-state index contributed by atoms with van der Waals surface area (Å²) < 4.78 is 33.1. The van der Waals surface area contributed by atoms with E-state index in [0.29, 0.717) is 30.2 Å². The van der Waals surface area contributed by atoms with Crippen molar-refractivity contribution < 1.29 is 17.9 Å². The monoisotopic (exact) mass is 410 g/mol. The minimum absolute atomic E-state index is 0.0583. The van der Waals surface area contributed by atoms with Crippen molar-refractivity contribution in [2.75, 3.05) is 6.54 Å². The zero-order valence-electron chi connectivity index (χ0n) is 15.4. The van der Waals surface area contributed by atoms with Crippen molar-refractivity contribution in [1.29, 1.82) is 0 Å². The lowest BCUT2D eigenvalue weighted by Crippen LogP contribution is -2.37. The Kier molecular flexibility index (Phi) is 4.99. The quantitative estimate of drug-likeness (QED) is 0.689. The van der Waals surface area contributed by atoms with E-state index in [9.17, 15) is 13.2 Å². The lowest BCUT2D eigenvalue weighted by atomic mass is 10.1. The van der Waals surface area contributed by atoms with E-state index in [1.165, 1.54) is 22.6 Å². The van der Waals surface area contributed by atoms with Gasteiger partial charge in [0.15, 0.2) is 0 Å². The average Bonchev–Trinajstić information content (AvgIpc) is 2.74. The first-order chi connectivity index (χ1) is 13.9. The van der Waals surface area contributed by atoms with Crippen LogP contribution in [0.25, 0.3) is 0 Å². The Balaban J connectivity index is 1.54. The van der Waals surface area contributed by atoms with Gasteiger partial charge in [0.05, 0.1) is 17.1 Å². The summed E-state index contributed by atoms with van der Waals surface area (Å²) in [6.07, 6.45) is 1.99. The minimum Gasteiger partial charge on any atom is -0.457 e. The molecule has 1 aliphatic heterocycles. The zero-order chi connectivity index (χ0) is 20.4. The molecule has 0 bridgehead atoms. The minimum atomic E-state index is -3.73. The maximum atomic E-state index is 13.0. The van der Waals surface area contributed by atoms with E-state index >= 15 is 0 Å². The Morgan fingerprint density at radius 3 is 2.41 bits per heavy atom. The van der Waals surface area contributed by atoms with Gasteiger partial charge in [0.2, 0.25) is 15.8 Å². The van der Waals surface area contributed by atoms with Crippen LogP contribution in [0.3, 0.4) is 0 Å². The molecular formula is C20H18N4O4S. The number of hydrogen-bond acceptors (Lipinski definition) is 6. The molecule has 29 heavy (non-hydrogen) atoms. The molecule has 0 saturated carbocycles. The Bertz CT molecular complexity index is 1150. The number of nitrogens with two attached hydrogens (primary N) is 1. The van der Waals surface area contributed by atoms with Crippen LogP contribution in [-0.2, 0) is 23.0 Å². The largest absolute Gasteiger partial charge is 0.457 e. The molecule has 0 saturated heterocycles. The van der Waals surface area contributed by atoms with Crippen molar-refractivity contribution in [2.24, 2.45) is 5.73 Å². The fourth-order valence-corrected chi connectivity index (χ4v) is 4.46. The summed E-state index contributed by atoms with van der Waals surface area (Å²) in [6, 6.07) is 15.5. The van der Waals surface area contributed by atoms with Crippen LogP contribution in [0.5, 0.6) is 11.5 Å². The van der Waals surface area contributed by atoms with E-state index in [0.717, 1.165) is 5.56 Å². The Hall–Kier alpha value is -3.30. The van der Waals surface area contributed by atoms with Gasteiger partial charge in [-0.25, -0.2) is 18.4 Å². The van der Waals surface area contributed by atoms with Crippen molar-refractivity contribution in [3.63, 3.8) is 0 Å². The highest BCUT2D eigenvalue weighted by Gasteiger charge is 2.29. The molecule has 0 fully saturated rings. The van der Waals surface area contributed by atoms with E-state index in [1.807, 2.05) is 30.3 Å². The number of nitrogens with zero attached hydrogens (tertiary/aromatic N) is 3. The van der Waals surface area contributed by atoms with Crippen molar-refractivity contribution in [3.05, 3.63) is 77.9 Å². The van der Waals surface area contributed by atoms with Crippen LogP contribution in [0.4, 0.5) is 0 Å². The van der Waals surface area contributed by atoms with Crippen LogP contribution in [0.2, 0.25) is 0 Å². The highest BCUT2D eigenvalue weighted by atomic mass is 32.2. The summed E-state index contributed by atoms with van der Waals surface area (Å²) in [5, 5.41) is 0. The smallest absolute Gasteiger partial charge is 0.286 e. The maximum Gasteiger partial charge on any atom is 0.286 e. The van der Waals surface area contributed by atoms with Gasteiger partial charge in [-0.05, 0) is 48.4 Å². The first-order valence-electron chi connectivity index (χ1n) is 8.91. The summed E-state index contributed by atoms with van der Waals surface area (Å²) in [5.41, 5.74) is 6.53. The predicted molar refractivity (Wildman–Crippen MR) is 105 cm³/mol. The van der Waals surface area contributed by atoms with Gasteiger partial charge in [0.1, 0.15) is 11.5 Å². The van der Waals surface area contributed by atoms with Crippen LogP contribution in [-0.4, -0.2) is 35.1 Å². The second-order valence-corrected chi connectivity index (χ2v) is 8.44. The van der Waals surface area contributed by atoms with E-state index in [4.69, 9.17) is 10.5 Å². The molecule has 2 aromatic carbocycles. The summed E-state index contributed by atoms with van der Waals surface area (Å²) in [7, 11) is -3.73. The molecule has 8 nitrogen and oxygen atoms in total. The fourth-order valence-electron chi connectivity index (χ4n) is 3.06. The zero-order valence-corrected chi connectivity index (χ0v) is 16.2. The lowest BCUT2D eigenvalue weighted by molar-refractivity contribution is 0.0990. The number of rotatable bonds is 5. The van der Waals surface area contributed by atoms with Crippen molar-refractivity contribution in [2.45, 2.75) is 17.9 Å². The molecule has 9 heteroatoms. The Labute approximate surface area is 168 Å². The van der Waals surface area contributed by atoms with Crippen molar-refractivity contribution in [3.8, 4) is 11.5 Å². The number of fused-ring (bicyclic) bond motifs is 1. The number of hydrogen-bond donors (Lipinski definition) is 1. The van der Waals surface area contributed by atoms with Gasteiger partial charge in [-0.2, -0.15) is 4.31 Å². The maximum absolute atomic E-state index is 13.0. The number of ether oxygens (including phenoxy) is 1. The first-order valence-corrected chi connectivity index (χ1v) is 10.4. The van der Waals surface area contributed by atoms with Crippen LogP contribution in [0.15, 0.2) is 65.7 Å². The number of amides is 1. The van der Waals surface area contributed by atoms with Crippen LogP contribution >= 0.6 is 0 Å². The van der Waals surface area contributed by atoms with Gasteiger partial charge >= 0.3 is 0 Å². The molecule has 0 aliphatic carbocycles. The predicted octanol–water partition coefficient (Wildman–Crippen LogP) is 2.11. The summed E-state index contributed by atoms with van der Waals surface area (Å²) in [5.74, 6) is 0.339. The van der Waals surface area contributed by atoms with Crippen molar-refractivity contribution >= 4 is 15.9 Å². The third kappa shape index (κ3) is 3.96. The third-order valence-corrected chi connectivity index (χ3v) is 6.43. The second-order valence-electron chi connectivity index (χ2n) is 6.50. The first kappa shape index (κ1) is 19.0. The normalized spacial score (nSPS) is 14.2. The fraction of sp³-hybridized carbons (Fsp3) is 0.150. The molecule has 0 unspecified atom stereocenters. The lowest BCUT2D eigenvalue weighted by Gasteiger charge is -2.27. The summed E-state index contributed by atoms with van der Waals surface area (Å²) in [4.78, 5) is 19.5. The van der Waals surface area contributed by atoms with Crippen LogP contribution in [0, 0.1) is 0 Å². The number of carbonyl (C=O) groups excluding carboxylic acids is 1. The van der Waals surface area contributed by atoms with E-state index in [2.05, 4.69) is 9.97 Å². The highest BCUT2D eigenvalue weighted by molar-refractivity contribution is 7.89. The number of benzene rings is 2. The van der Waals surface area contributed by atoms with E-state index in [1.54, 1.807) is 12.1 Å². The molecule has 2 N–H and O–H groups in total. The number of aromatic nitrogens is 2. The van der Waals surface area contributed by atoms with Gasteiger partial charge < -0.3 is 10.5 Å². The number of para-hydroxylation sites is 1. The molecule has 3 aromatic rings. The van der Waals surface area contributed by atoms with Crippen molar-refractivity contribution in [1.82, 2.24) is 14.3 Å². The number of carbonyl (C=O) groups is 1. The highest BCUT2D eigenvalue weighted by Crippen LogP contribution is 2.27. The molecule has 0 radical (unpaired) electrons. The number of sulfonamides is 1. The Morgan fingerprint density at radius 2 is 1.72 bits per heavy atom. The molecule has 1 aliphatic rings. The van der Waals surface area contributed by atoms with Gasteiger partial charge in [0, 0.05) is 12.7 Å². The van der Waals surface area contributed by atoms with Gasteiger partial charge in [-0.1, -0.05) is 18.2 Å². The molecule has 148 valence electrons. The molecule has 0 atom stereocenters. The molecule has 1 amide bonds.